The fraction of sp³-hybridized carbons (Fsp3) is 0. The number of fused-ring (bicyclic) bond motifs is 1. The number of hydrogen-bond acceptors (Lipinski definition) is 4. The van der Waals surface area contributed by atoms with E-state index in [1.807, 2.05) is 12.1 Å². The van der Waals surface area contributed by atoms with Crippen LogP contribution in [-0.4, -0.2) is 22.8 Å². The zero-order valence-electron chi connectivity index (χ0n) is 15.4. The Morgan fingerprint density at radius 2 is 1.63 bits per heavy atom. The first kappa shape index (κ1) is 20.2. The van der Waals surface area contributed by atoms with Crippen LogP contribution in [0.25, 0.3) is 0 Å². The van der Waals surface area contributed by atoms with Crippen LogP contribution in [0.2, 0.25) is 0 Å². The average molecular weight is 527 g/mol. The Bertz CT molecular complexity index is 1200. The number of para-hydroxylation sites is 1. The van der Waals surface area contributed by atoms with Crippen molar-refractivity contribution in [1.82, 2.24) is 5.32 Å². The van der Waals surface area contributed by atoms with Gasteiger partial charge in [-0.3, -0.25) is 19.7 Å². The Morgan fingerprint density at radius 1 is 0.900 bits per heavy atom. The molecule has 0 saturated carbocycles. The van der Waals surface area contributed by atoms with Gasteiger partial charge in [0.1, 0.15) is 0 Å². The van der Waals surface area contributed by atoms with E-state index in [4.69, 9.17) is 12.2 Å². The molecule has 0 atom stereocenters. The number of rotatable bonds is 3. The predicted octanol–water partition coefficient (Wildman–Crippen LogP) is 4.22. The lowest BCUT2D eigenvalue weighted by molar-refractivity contribution is 0.0924. The Hall–Kier alpha value is -3.11. The van der Waals surface area contributed by atoms with E-state index in [2.05, 4.69) is 33.2 Å². The fourth-order valence-electron chi connectivity index (χ4n) is 3.16. The second kappa shape index (κ2) is 8.33. The molecule has 148 valence electrons. The molecule has 3 amide bonds. The maximum absolute atomic E-state index is 13.0. The minimum absolute atomic E-state index is 0.0330. The van der Waals surface area contributed by atoms with Gasteiger partial charge in [-0.25, -0.2) is 4.90 Å². The van der Waals surface area contributed by atoms with E-state index in [0.29, 0.717) is 16.9 Å². The summed E-state index contributed by atoms with van der Waals surface area (Å²) in [7, 11) is 0. The lowest BCUT2D eigenvalue weighted by Gasteiger charge is -2.14. The zero-order valence-corrected chi connectivity index (χ0v) is 18.4. The number of hydrogen-bond donors (Lipinski definition) is 2. The van der Waals surface area contributed by atoms with Crippen molar-refractivity contribution in [1.29, 1.82) is 0 Å². The maximum atomic E-state index is 13.0. The molecule has 2 N–H and O–H groups in total. The first-order chi connectivity index (χ1) is 14.5. The number of nitrogens with one attached hydrogen (secondary N) is 2. The molecule has 0 saturated heterocycles. The van der Waals surface area contributed by atoms with Crippen LogP contribution >= 0.6 is 34.8 Å². The van der Waals surface area contributed by atoms with Gasteiger partial charge in [0.05, 0.1) is 22.5 Å². The molecule has 0 aromatic heterocycles. The van der Waals surface area contributed by atoms with Crippen LogP contribution in [0.15, 0.2) is 72.8 Å². The van der Waals surface area contributed by atoms with Crippen LogP contribution in [0, 0.1) is 3.57 Å². The first-order valence-electron chi connectivity index (χ1n) is 8.90. The van der Waals surface area contributed by atoms with Crippen molar-refractivity contribution in [3.63, 3.8) is 0 Å². The predicted molar refractivity (Wildman–Crippen MR) is 127 cm³/mol. The van der Waals surface area contributed by atoms with Crippen LogP contribution in [-0.2, 0) is 0 Å². The molecule has 0 aliphatic carbocycles. The Labute approximate surface area is 191 Å². The van der Waals surface area contributed by atoms with E-state index in [9.17, 15) is 14.4 Å². The van der Waals surface area contributed by atoms with Crippen molar-refractivity contribution in [2.24, 2.45) is 0 Å². The largest absolute Gasteiger partial charge is 0.332 e. The van der Waals surface area contributed by atoms with E-state index in [1.165, 1.54) is 0 Å². The van der Waals surface area contributed by atoms with Crippen molar-refractivity contribution in [2.75, 3.05) is 10.2 Å². The van der Waals surface area contributed by atoms with Gasteiger partial charge in [0.15, 0.2) is 5.11 Å². The van der Waals surface area contributed by atoms with Gasteiger partial charge in [0, 0.05) is 9.13 Å². The lowest BCUT2D eigenvalue weighted by Crippen LogP contribution is -2.34. The highest BCUT2D eigenvalue weighted by molar-refractivity contribution is 14.1. The molecule has 6 nitrogen and oxygen atoms in total. The van der Waals surface area contributed by atoms with Crippen LogP contribution in [0.4, 0.5) is 11.4 Å². The molecule has 0 spiro atoms. The summed E-state index contributed by atoms with van der Waals surface area (Å²) >= 11 is 7.37. The van der Waals surface area contributed by atoms with E-state index in [0.717, 1.165) is 8.47 Å². The summed E-state index contributed by atoms with van der Waals surface area (Å²) in [4.78, 5) is 39.4. The summed E-state index contributed by atoms with van der Waals surface area (Å²) in [6.45, 7) is 0. The number of carbonyl (C=O) groups excluding carboxylic acids is 3. The van der Waals surface area contributed by atoms with E-state index < -0.39 is 11.8 Å². The SMILES string of the molecule is O=C(NC(=S)Nc1cccc2c1C(=O)N(c1ccccc1)C2=O)c1cccc(I)c1. The summed E-state index contributed by atoms with van der Waals surface area (Å²) in [5, 5.41) is 5.51. The third-order valence-corrected chi connectivity index (χ3v) is 5.37. The van der Waals surface area contributed by atoms with Crippen molar-refractivity contribution < 1.29 is 14.4 Å². The summed E-state index contributed by atoms with van der Waals surface area (Å²) in [6.07, 6.45) is 0. The van der Waals surface area contributed by atoms with Crippen LogP contribution < -0.4 is 15.5 Å². The number of thiocarbonyl (C=S) groups is 1. The van der Waals surface area contributed by atoms with E-state index >= 15 is 0 Å². The molecule has 4 rings (SSSR count). The van der Waals surface area contributed by atoms with Gasteiger partial charge in [-0.15, -0.1) is 0 Å². The normalized spacial score (nSPS) is 12.5. The van der Waals surface area contributed by atoms with Gasteiger partial charge in [0.2, 0.25) is 0 Å². The van der Waals surface area contributed by atoms with Gasteiger partial charge in [-0.05, 0) is 77.3 Å². The van der Waals surface area contributed by atoms with Crippen LogP contribution in [0.3, 0.4) is 0 Å². The second-order valence-electron chi connectivity index (χ2n) is 6.43. The number of carbonyl (C=O) groups is 3. The third-order valence-electron chi connectivity index (χ3n) is 4.49. The first-order valence-corrected chi connectivity index (χ1v) is 10.4. The monoisotopic (exact) mass is 527 g/mol. The topological polar surface area (TPSA) is 78.5 Å². The Kier molecular flexibility index (Phi) is 5.60. The van der Waals surface area contributed by atoms with Crippen LogP contribution in [0.5, 0.6) is 0 Å². The molecule has 0 bridgehead atoms. The Morgan fingerprint density at radius 3 is 2.37 bits per heavy atom. The van der Waals surface area contributed by atoms with Gasteiger partial charge in [-0.1, -0.05) is 30.3 Å². The summed E-state index contributed by atoms with van der Waals surface area (Å²) in [5.41, 5.74) is 1.81. The maximum Gasteiger partial charge on any atom is 0.268 e. The molecule has 30 heavy (non-hydrogen) atoms. The molecule has 1 aliphatic rings. The average Bonchev–Trinajstić information content (AvgIpc) is 2.99. The van der Waals surface area contributed by atoms with Crippen molar-refractivity contribution in [3.05, 3.63) is 93.1 Å². The smallest absolute Gasteiger partial charge is 0.268 e. The number of imide groups is 1. The number of amides is 3. The van der Waals surface area contributed by atoms with Gasteiger partial charge in [0.25, 0.3) is 17.7 Å². The second-order valence-corrected chi connectivity index (χ2v) is 8.08. The molecule has 0 radical (unpaired) electrons. The molecule has 1 heterocycles. The highest BCUT2D eigenvalue weighted by atomic mass is 127. The minimum atomic E-state index is -0.448. The molecule has 0 unspecified atom stereocenters. The molecule has 1 aliphatic heterocycles. The number of nitrogens with zero attached hydrogens (tertiary/aromatic N) is 1. The summed E-state index contributed by atoms with van der Waals surface area (Å²) < 4.78 is 0.921. The molecule has 3 aromatic carbocycles. The quantitative estimate of drug-likeness (QED) is 0.303. The summed E-state index contributed by atoms with van der Waals surface area (Å²) in [6, 6.07) is 20.7. The highest BCUT2D eigenvalue weighted by Crippen LogP contribution is 2.32. The molecular weight excluding hydrogens is 513 g/mol. The van der Waals surface area contributed by atoms with E-state index in [-0.39, 0.29) is 22.1 Å². The standard InChI is InChI=1S/C22H14IN3O3S/c23-14-7-4-6-13(12-14)19(27)25-22(30)24-17-11-5-10-16-18(17)21(29)26(20(16)28)15-8-2-1-3-9-15/h1-12H,(H2,24,25,27,30). The zero-order chi connectivity index (χ0) is 21.3. The molecule has 8 heteroatoms. The number of anilines is 2. The third kappa shape index (κ3) is 3.83. The molecular formula is C22H14IN3O3S. The molecule has 0 fully saturated rings. The van der Waals surface area contributed by atoms with Crippen LogP contribution in [0.1, 0.15) is 31.1 Å². The molecule has 3 aromatic rings. The van der Waals surface area contributed by atoms with Crippen molar-refractivity contribution in [2.45, 2.75) is 0 Å². The van der Waals surface area contributed by atoms with Gasteiger partial charge < -0.3 is 5.32 Å². The summed E-state index contributed by atoms with van der Waals surface area (Å²) in [5.74, 6) is -1.22. The Balaban J connectivity index is 1.57. The minimum Gasteiger partial charge on any atom is -0.332 e. The van der Waals surface area contributed by atoms with Crippen molar-refractivity contribution in [3.8, 4) is 0 Å². The van der Waals surface area contributed by atoms with E-state index in [1.54, 1.807) is 60.7 Å². The lowest BCUT2D eigenvalue weighted by atomic mass is 10.1. The highest BCUT2D eigenvalue weighted by Gasteiger charge is 2.38. The van der Waals surface area contributed by atoms with Gasteiger partial charge in [-0.2, -0.15) is 0 Å². The number of benzene rings is 3. The van der Waals surface area contributed by atoms with Gasteiger partial charge >= 0.3 is 0 Å². The van der Waals surface area contributed by atoms with Crippen molar-refractivity contribution >= 4 is 69.0 Å². The fourth-order valence-corrected chi connectivity index (χ4v) is 3.91. The number of halogens is 1.